The molecule has 0 fully saturated rings. The van der Waals surface area contributed by atoms with Crippen LogP contribution in [-0.2, 0) is 0 Å². The van der Waals surface area contributed by atoms with Gasteiger partial charge in [-0.3, -0.25) is 0 Å². The molecule has 2 N–H and O–H groups in total. The van der Waals surface area contributed by atoms with E-state index in [1.807, 2.05) is 0 Å². The molecule has 4 heterocycles. The summed E-state index contributed by atoms with van der Waals surface area (Å²) in [6.45, 7) is 0. The van der Waals surface area contributed by atoms with Crippen molar-refractivity contribution in [2.45, 2.75) is 0 Å². The molecule has 0 aliphatic heterocycles. The smallest absolute Gasteiger partial charge is 0.358 e. The van der Waals surface area contributed by atoms with Crippen molar-refractivity contribution in [3.05, 3.63) is 32.6 Å². The summed E-state index contributed by atoms with van der Waals surface area (Å²) in [5, 5.41) is 55.8. The molecule has 0 bridgehead atoms. The highest BCUT2D eigenvalue weighted by molar-refractivity contribution is 5.46. The van der Waals surface area contributed by atoms with Crippen LogP contribution < -0.4 is 0 Å². The maximum Gasteiger partial charge on any atom is 0.370 e. The molecule has 26 heavy (non-hydrogen) atoms. The molecule has 0 radical (unpaired) electrons. The van der Waals surface area contributed by atoms with E-state index in [4.69, 9.17) is 0 Å². The molecule has 130 valence electrons. The molecule has 0 aliphatic rings. The Labute approximate surface area is 139 Å². The lowest BCUT2D eigenvalue weighted by molar-refractivity contribution is -0.389. The number of aromatic nitrogens is 12. The van der Waals surface area contributed by atoms with Gasteiger partial charge in [0.05, 0.1) is 0 Å². The minimum Gasteiger partial charge on any atom is -0.358 e. The van der Waals surface area contributed by atoms with E-state index in [-0.39, 0.29) is 23.0 Å². The summed E-state index contributed by atoms with van der Waals surface area (Å²) in [5.41, 5.74) is -0.0989. The first-order chi connectivity index (χ1) is 12.5. The Kier molecular flexibility index (Phi) is 3.14. The zero-order valence-electron chi connectivity index (χ0n) is 12.2. The van der Waals surface area contributed by atoms with E-state index in [2.05, 4.69) is 51.2 Å². The zero-order valence-corrected chi connectivity index (χ0v) is 12.2. The predicted octanol–water partition coefficient (Wildman–Crippen LogP) is -1.43. The van der Waals surface area contributed by atoms with Crippen LogP contribution in [0.15, 0.2) is 12.4 Å². The molecule has 4 aromatic rings. The van der Waals surface area contributed by atoms with Crippen molar-refractivity contribution >= 4 is 11.6 Å². The lowest BCUT2D eigenvalue weighted by Crippen LogP contribution is -2.02. The first kappa shape index (κ1) is 14.9. The molecule has 0 aliphatic carbocycles. The molecule has 0 saturated heterocycles. The molecule has 0 amide bonds. The molecule has 18 nitrogen and oxygen atoms in total. The number of hydrogen-bond donors (Lipinski definition) is 2. The van der Waals surface area contributed by atoms with Crippen LogP contribution in [0.1, 0.15) is 0 Å². The Bertz CT molecular complexity index is 1030. The van der Waals surface area contributed by atoms with Crippen molar-refractivity contribution in [2.24, 2.45) is 0 Å². The Morgan fingerprint density at radius 1 is 0.808 bits per heavy atom. The summed E-state index contributed by atoms with van der Waals surface area (Å²) in [7, 11) is 0. The second-order valence-corrected chi connectivity index (χ2v) is 4.53. The monoisotopic (exact) mass is 360 g/mol. The molecule has 18 heteroatoms. The maximum absolute atomic E-state index is 10.9. The number of rotatable bonds is 5. The first-order valence-corrected chi connectivity index (χ1v) is 6.51. The molecule has 0 unspecified atom stereocenters. The minimum atomic E-state index is -0.696. The third-order valence-corrected chi connectivity index (χ3v) is 3.02. The topological polar surface area (TPSA) is 231 Å². The standard InChI is InChI=1S/C8H4N14O4/c23-21(24)7-3(1-9-13-7)19-15-5(11-17-19)6-12-18-20(16-6)4-2-10-14-8(4)22(25)26/h1-2H,(H,9,13)(H,10,14). The molecule has 4 aromatic heterocycles. The summed E-state index contributed by atoms with van der Waals surface area (Å²) >= 11 is 0. The van der Waals surface area contributed by atoms with Gasteiger partial charge in [0.2, 0.25) is 23.0 Å². The quantitative estimate of drug-likeness (QED) is 0.308. The Morgan fingerprint density at radius 3 is 1.62 bits per heavy atom. The predicted molar refractivity (Wildman–Crippen MR) is 74.9 cm³/mol. The second kappa shape index (κ2) is 5.47. The van der Waals surface area contributed by atoms with Gasteiger partial charge in [0.1, 0.15) is 12.4 Å². The lowest BCUT2D eigenvalue weighted by Gasteiger charge is -1.94. The van der Waals surface area contributed by atoms with Crippen LogP contribution in [0, 0.1) is 20.2 Å². The summed E-state index contributed by atoms with van der Waals surface area (Å²) in [4.78, 5) is 22.1. The van der Waals surface area contributed by atoms with E-state index in [0.717, 1.165) is 22.0 Å². The third-order valence-electron chi connectivity index (χ3n) is 3.02. The van der Waals surface area contributed by atoms with E-state index in [1.165, 1.54) is 0 Å². The second-order valence-electron chi connectivity index (χ2n) is 4.53. The number of nitrogens with one attached hydrogen (secondary N) is 2. The molecule has 0 saturated carbocycles. The number of nitro groups is 2. The van der Waals surface area contributed by atoms with Gasteiger partial charge >= 0.3 is 11.6 Å². The van der Waals surface area contributed by atoms with Crippen LogP contribution in [0.5, 0.6) is 0 Å². The van der Waals surface area contributed by atoms with Gasteiger partial charge in [-0.05, 0) is 20.3 Å². The highest BCUT2D eigenvalue weighted by Gasteiger charge is 2.23. The largest absolute Gasteiger partial charge is 0.370 e. The average molecular weight is 360 g/mol. The molecule has 0 spiro atoms. The summed E-state index contributed by atoms with van der Waals surface area (Å²) in [6, 6.07) is 0. The Balaban J connectivity index is 1.68. The van der Waals surface area contributed by atoms with E-state index >= 15 is 0 Å². The molecule has 0 aromatic carbocycles. The van der Waals surface area contributed by atoms with Crippen LogP contribution >= 0.6 is 0 Å². The molecule has 4 rings (SSSR count). The van der Waals surface area contributed by atoms with Gasteiger partial charge < -0.3 is 20.2 Å². The molecule has 0 atom stereocenters. The van der Waals surface area contributed by atoms with Crippen molar-refractivity contribution in [3.8, 4) is 23.0 Å². The molecular formula is C8H4N14O4. The van der Waals surface area contributed by atoms with Gasteiger partial charge in [0.15, 0.2) is 0 Å². The van der Waals surface area contributed by atoms with Gasteiger partial charge in [-0.2, -0.15) is 0 Å². The van der Waals surface area contributed by atoms with Crippen molar-refractivity contribution in [1.82, 2.24) is 60.8 Å². The third kappa shape index (κ3) is 2.29. The maximum atomic E-state index is 10.9. The highest BCUT2D eigenvalue weighted by Crippen LogP contribution is 2.19. The van der Waals surface area contributed by atoms with E-state index in [1.54, 1.807) is 0 Å². The highest BCUT2D eigenvalue weighted by atomic mass is 16.6. The van der Waals surface area contributed by atoms with Gasteiger partial charge in [-0.1, -0.05) is 10.2 Å². The normalized spacial score (nSPS) is 10.9. The fraction of sp³-hybridized carbons (Fsp3) is 0. The van der Waals surface area contributed by atoms with Gasteiger partial charge in [-0.25, -0.2) is 0 Å². The fourth-order valence-corrected chi connectivity index (χ4v) is 1.92. The average Bonchev–Trinajstić information content (AvgIpc) is 3.40. The van der Waals surface area contributed by atoms with Crippen LogP contribution in [0.2, 0.25) is 0 Å². The number of aromatic amines is 2. The van der Waals surface area contributed by atoms with Gasteiger partial charge in [0, 0.05) is 0 Å². The van der Waals surface area contributed by atoms with Gasteiger partial charge in [-0.15, -0.1) is 40.2 Å². The molecular weight excluding hydrogens is 356 g/mol. The zero-order chi connectivity index (χ0) is 18.3. The van der Waals surface area contributed by atoms with Crippen LogP contribution in [0.3, 0.4) is 0 Å². The number of tetrazole rings is 2. The summed E-state index contributed by atoms with van der Waals surface area (Å²) in [5.74, 6) is -1.09. The van der Waals surface area contributed by atoms with Crippen LogP contribution in [-0.4, -0.2) is 70.7 Å². The van der Waals surface area contributed by atoms with Crippen molar-refractivity contribution in [2.75, 3.05) is 0 Å². The Hall–Kier alpha value is -4.64. The number of hydrogen-bond acceptors (Lipinski definition) is 12. The summed E-state index contributed by atoms with van der Waals surface area (Å²) in [6.07, 6.45) is 2.28. The van der Waals surface area contributed by atoms with E-state index < -0.39 is 21.5 Å². The summed E-state index contributed by atoms with van der Waals surface area (Å²) < 4.78 is 0. The van der Waals surface area contributed by atoms with Crippen LogP contribution in [0.4, 0.5) is 11.6 Å². The van der Waals surface area contributed by atoms with Crippen LogP contribution in [0.25, 0.3) is 23.0 Å². The van der Waals surface area contributed by atoms with Crippen molar-refractivity contribution in [3.63, 3.8) is 0 Å². The number of H-pyrrole nitrogens is 2. The fourth-order valence-electron chi connectivity index (χ4n) is 1.92. The first-order valence-electron chi connectivity index (χ1n) is 6.51. The Morgan fingerprint density at radius 2 is 1.23 bits per heavy atom. The van der Waals surface area contributed by atoms with E-state index in [9.17, 15) is 20.2 Å². The SMILES string of the molecule is O=[N+]([O-])c1[nH]ncc1-n1nnc(-c2nnn(-c3cn[nH]c3[N+](=O)[O-])n2)n1. The van der Waals surface area contributed by atoms with Crippen molar-refractivity contribution in [1.29, 1.82) is 0 Å². The van der Waals surface area contributed by atoms with E-state index in [0.29, 0.717) is 0 Å². The lowest BCUT2D eigenvalue weighted by atomic mass is 10.5. The van der Waals surface area contributed by atoms with Gasteiger partial charge in [0.25, 0.3) is 0 Å². The van der Waals surface area contributed by atoms with Crippen molar-refractivity contribution < 1.29 is 9.85 Å². The minimum absolute atomic E-state index is 0.0494. The number of nitrogens with zero attached hydrogens (tertiary/aromatic N) is 12.